The summed E-state index contributed by atoms with van der Waals surface area (Å²) in [6, 6.07) is 3.47. The van der Waals surface area contributed by atoms with Crippen LogP contribution in [0.1, 0.15) is 18.5 Å². The van der Waals surface area contributed by atoms with E-state index in [-0.39, 0.29) is 24.3 Å². The van der Waals surface area contributed by atoms with E-state index in [1.165, 1.54) is 0 Å². The lowest BCUT2D eigenvalue weighted by Crippen LogP contribution is -2.33. The molecule has 0 radical (unpaired) electrons. The van der Waals surface area contributed by atoms with Gasteiger partial charge >= 0.3 is 0 Å². The number of anilines is 1. The van der Waals surface area contributed by atoms with Crippen molar-refractivity contribution in [1.29, 1.82) is 0 Å². The fourth-order valence-electron chi connectivity index (χ4n) is 1.62. The molecule has 0 unspecified atom stereocenters. The standard InChI is InChI=1S/C12H17N3O2/c13-9-1-2-10(14-6-9)5-11(17)15-7-12(8-16)3-4-12/h1-2,6,16H,3-5,7-8,13H2,(H,15,17). The van der Waals surface area contributed by atoms with Gasteiger partial charge in [0.2, 0.25) is 5.91 Å². The van der Waals surface area contributed by atoms with Gasteiger partial charge in [-0.15, -0.1) is 0 Å². The number of nitrogens with zero attached hydrogens (tertiary/aromatic N) is 1. The lowest BCUT2D eigenvalue weighted by Gasteiger charge is -2.12. The van der Waals surface area contributed by atoms with Gasteiger partial charge in [-0.25, -0.2) is 0 Å². The molecule has 0 bridgehead atoms. The third-order valence-corrected chi connectivity index (χ3v) is 3.14. The molecule has 0 aliphatic heterocycles. The van der Waals surface area contributed by atoms with E-state index in [0.717, 1.165) is 12.8 Å². The van der Waals surface area contributed by atoms with E-state index in [1.807, 2.05) is 0 Å². The Kier molecular flexibility index (Phi) is 3.28. The van der Waals surface area contributed by atoms with E-state index in [4.69, 9.17) is 10.8 Å². The Morgan fingerprint density at radius 2 is 2.29 bits per heavy atom. The molecule has 1 amide bonds. The molecule has 0 aromatic carbocycles. The number of amides is 1. The quantitative estimate of drug-likeness (QED) is 0.675. The van der Waals surface area contributed by atoms with Crippen LogP contribution in [0, 0.1) is 5.41 Å². The molecule has 2 rings (SSSR count). The number of hydrogen-bond donors (Lipinski definition) is 3. The van der Waals surface area contributed by atoms with Gasteiger partial charge in [0.25, 0.3) is 0 Å². The fourth-order valence-corrected chi connectivity index (χ4v) is 1.62. The minimum Gasteiger partial charge on any atom is -0.397 e. The largest absolute Gasteiger partial charge is 0.397 e. The molecule has 17 heavy (non-hydrogen) atoms. The predicted molar refractivity (Wildman–Crippen MR) is 64.1 cm³/mol. The first-order valence-electron chi connectivity index (χ1n) is 5.72. The minimum absolute atomic E-state index is 0.0514. The van der Waals surface area contributed by atoms with Crippen LogP contribution in [0.3, 0.4) is 0 Å². The van der Waals surface area contributed by atoms with Crippen molar-refractivity contribution in [2.24, 2.45) is 5.41 Å². The van der Waals surface area contributed by atoms with Crippen molar-refractivity contribution in [3.8, 4) is 0 Å². The van der Waals surface area contributed by atoms with Crippen LogP contribution in [-0.4, -0.2) is 29.1 Å². The number of hydrogen-bond acceptors (Lipinski definition) is 4. The van der Waals surface area contributed by atoms with Crippen LogP contribution in [0.25, 0.3) is 0 Å². The van der Waals surface area contributed by atoms with E-state index < -0.39 is 0 Å². The summed E-state index contributed by atoms with van der Waals surface area (Å²) in [6.45, 7) is 0.699. The van der Waals surface area contributed by atoms with E-state index >= 15 is 0 Å². The van der Waals surface area contributed by atoms with Gasteiger partial charge in [0, 0.05) is 17.7 Å². The lowest BCUT2D eigenvalue weighted by atomic mass is 10.1. The highest BCUT2D eigenvalue weighted by molar-refractivity contribution is 5.78. The highest BCUT2D eigenvalue weighted by Gasteiger charge is 2.41. The van der Waals surface area contributed by atoms with Crippen molar-refractivity contribution >= 4 is 11.6 Å². The number of nitrogens with one attached hydrogen (secondary N) is 1. The van der Waals surface area contributed by atoms with Gasteiger partial charge in [-0.05, 0) is 25.0 Å². The van der Waals surface area contributed by atoms with Gasteiger partial charge in [0.1, 0.15) is 0 Å². The SMILES string of the molecule is Nc1ccc(CC(=O)NCC2(CO)CC2)nc1. The fraction of sp³-hybridized carbons (Fsp3) is 0.500. The zero-order valence-electron chi connectivity index (χ0n) is 9.65. The number of carbonyl (C=O) groups is 1. The van der Waals surface area contributed by atoms with Crippen LogP contribution in [0.2, 0.25) is 0 Å². The minimum atomic E-state index is -0.0676. The molecule has 1 aromatic rings. The Bertz CT molecular complexity index is 399. The number of aliphatic hydroxyl groups excluding tert-OH is 1. The summed E-state index contributed by atoms with van der Waals surface area (Å²) in [4.78, 5) is 15.7. The van der Waals surface area contributed by atoms with Gasteiger partial charge in [0.05, 0.1) is 24.9 Å². The van der Waals surface area contributed by atoms with E-state index in [1.54, 1.807) is 18.3 Å². The van der Waals surface area contributed by atoms with Gasteiger partial charge in [-0.2, -0.15) is 0 Å². The Labute approximate surface area is 100 Å². The summed E-state index contributed by atoms with van der Waals surface area (Å²) in [6.07, 6.45) is 3.77. The van der Waals surface area contributed by atoms with Gasteiger partial charge in [0.15, 0.2) is 0 Å². The predicted octanol–water partition coefficient (Wildman–Crippen LogP) is 0.0950. The number of nitrogens with two attached hydrogens (primary N) is 1. The van der Waals surface area contributed by atoms with Gasteiger partial charge in [-0.1, -0.05) is 0 Å². The Balaban J connectivity index is 1.79. The van der Waals surface area contributed by atoms with Crippen molar-refractivity contribution in [1.82, 2.24) is 10.3 Å². The maximum absolute atomic E-state index is 11.6. The Hall–Kier alpha value is -1.62. The Morgan fingerprint density at radius 1 is 1.53 bits per heavy atom. The number of carbonyl (C=O) groups excluding carboxylic acids is 1. The van der Waals surface area contributed by atoms with Crippen molar-refractivity contribution in [3.05, 3.63) is 24.0 Å². The summed E-state index contributed by atoms with van der Waals surface area (Å²) < 4.78 is 0. The topological polar surface area (TPSA) is 88.2 Å². The van der Waals surface area contributed by atoms with E-state index in [9.17, 15) is 4.79 Å². The lowest BCUT2D eigenvalue weighted by molar-refractivity contribution is -0.120. The van der Waals surface area contributed by atoms with Crippen molar-refractivity contribution < 1.29 is 9.90 Å². The first-order chi connectivity index (χ1) is 8.13. The van der Waals surface area contributed by atoms with Crippen molar-refractivity contribution in [3.63, 3.8) is 0 Å². The van der Waals surface area contributed by atoms with Crippen LogP contribution in [0.4, 0.5) is 5.69 Å². The molecule has 1 heterocycles. The van der Waals surface area contributed by atoms with Crippen molar-refractivity contribution in [2.45, 2.75) is 19.3 Å². The second-order valence-electron chi connectivity index (χ2n) is 4.69. The summed E-state index contributed by atoms with van der Waals surface area (Å²) in [5, 5.41) is 11.9. The first kappa shape index (κ1) is 11.9. The maximum atomic E-state index is 11.6. The smallest absolute Gasteiger partial charge is 0.226 e. The molecule has 1 aliphatic carbocycles. The van der Waals surface area contributed by atoms with Crippen molar-refractivity contribution in [2.75, 3.05) is 18.9 Å². The monoisotopic (exact) mass is 235 g/mol. The van der Waals surface area contributed by atoms with Gasteiger partial charge < -0.3 is 16.2 Å². The molecule has 1 saturated carbocycles. The second kappa shape index (κ2) is 4.71. The highest BCUT2D eigenvalue weighted by atomic mass is 16.3. The average Bonchev–Trinajstić information content (AvgIpc) is 3.10. The molecular weight excluding hydrogens is 218 g/mol. The first-order valence-corrected chi connectivity index (χ1v) is 5.72. The summed E-state index contributed by atoms with van der Waals surface area (Å²) in [5.74, 6) is -0.0676. The molecule has 0 atom stereocenters. The molecule has 1 aromatic heterocycles. The number of pyridine rings is 1. The molecule has 1 aliphatic rings. The molecule has 92 valence electrons. The zero-order chi connectivity index (χ0) is 12.3. The van der Waals surface area contributed by atoms with Crippen LogP contribution in [0.5, 0.6) is 0 Å². The molecule has 5 heteroatoms. The highest BCUT2D eigenvalue weighted by Crippen LogP contribution is 2.44. The van der Waals surface area contributed by atoms with Crippen LogP contribution >= 0.6 is 0 Å². The van der Waals surface area contributed by atoms with Crippen LogP contribution < -0.4 is 11.1 Å². The second-order valence-corrected chi connectivity index (χ2v) is 4.69. The molecule has 4 N–H and O–H groups in total. The number of nitrogen functional groups attached to an aromatic ring is 1. The summed E-state index contributed by atoms with van der Waals surface area (Å²) >= 11 is 0. The molecule has 5 nitrogen and oxygen atoms in total. The molecule has 1 fully saturated rings. The average molecular weight is 235 g/mol. The molecule has 0 spiro atoms. The van der Waals surface area contributed by atoms with Gasteiger partial charge in [-0.3, -0.25) is 9.78 Å². The molecular formula is C12H17N3O2. The summed E-state index contributed by atoms with van der Waals surface area (Å²) in [5.41, 5.74) is 6.75. The number of aliphatic hydroxyl groups is 1. The number of aromatic nitrogens is 1. The third kappa shape index (κ3) is 3.17. The van der Waals surface area contributed by atoms with Crippen LogP contribution in [-0.2, 0) is 11.2 Å². The van der Waals surface area contributed by atoms with Crippen LogP contribution in [0.15, 0.2) is 18.3 Å². The normalized spacial score (nSPS) is 16.5. The molecule has 0 saturated heterocycles. The third-order valence-electron chi connectivity index (χ3n) is 3.14. The zero-order valence-corrected chi connectivity index (χ0v) is 9.65. The summed E-state index contributed by atoms with van der Waals surface area (Å²) in [7, 11) is 0. The van der Waals surface area contributed by atoms with E-state index in [2.05, 4.69) is 10.3 Å². The Morgan fingerprint density at radius 3 is 2.82 bits per heavy atom. The van der Waals surface area contributed by atoms with E-state index in [0.29, 0.717) is 17.9 Å². The maximum Gasteiger partial charge on any atom is 0.226 e. The number of rotatable bonds is 5.